The summed E-state index contributed by atoms with van der Waals surface area (Å²) in [4.78, 5) is 3.96. The molecule has 1 N–H and O–H groups in total. The monoisotopic (exact) mass is 183 g/mol. The SMILES string of the molecule is CCOc1cc(CO)ncc1OC. The quantitative estimate of drug-likeness (QED) is 0.756. The molecule has 72 valence electrons. The fraction of sp³-hybridized carbons (Fsp3) is 0.444. The third-order valence-corrected chi connectivity index (χ3v) is 1.57. The minimum Gasteiger partial charge on any atom is -0.491 e. The van der Waals surface area contributed by atoms with Crippen LogP contribution in [0.15, 0.2) is 12.3 Å². The van der Waals surface area contributed by atoms with E-state index in [0.717, 1.165) is 0 Å². The molecule has 0 aliphatic heterocycles. The molecular weight excluding hydrogens is 170 g/mol. The Balaban J connectivity index is 2.95. The maximum absolute atomic E-state index is 8.83. The molecule has 0 saturated heterocycles. The molecule has 0 fully saturated rings. The first-order chi connectivity index (χ1) is 6.31. The number of pyridine rings is 1. The van der Waals surface area contributed by atoms with Crippen molar-refractivity contribution in [1.82, 2.24) is 4.98 Å². The first-order valence-electron chi connectivity index (χ1n) is 4.08. The molecule has 0 aliphatic carbocycles. The largest absolute Gasteiger partial charge is 0.491 e. The summed E-state index contributed by atoms with van der Waals surface area (Å²) in [6.07, 6.45) is 1.54. The summed E-state index contributed by atoms with van der Waals surface area (Å²) >= 11 is 0. The number of rotatable bonds is 4. The number of hydrogen-bond donors (Lipinski definition) is 1. The van der Waals surface area contributed by atoms with Gasteiger partial charge in [0.2, 0.25) is 0 Å². The van der Waals surface area contributed by atoms with Crippen molar-refractivity contribution in [2.45, 2.75) is 13.5 Å². The van der Waals surface area contributed by atoms with Gasteiger partial charge in [-0.05, 0) is 6.92 Å². The molecule has 1 heterocycles. The molecule has 1 rings (SSSR count). The molecule has 0 aliphatic rings. The van der Waals surface area contributed by atoms with Crippen LogP contribution < -0.4 is 9.47 Å². The van der Waals surface area contributed by atoms with Gasteiger partial charge in [-0.2, -0.15) is 0 Å². The highest BCUT2D eigenvalue weighted by molar-refractivity contribution is 5.38. The number of aromatic nitrogens is 1. The van der Waals surface area contributed by atoms with E-state index in [0.29, 0.717) is 23.8 Å². The van der Waals surface area contributed by atoms with Gasteiger partial charge in [0.25, 0.3) is 0 Å². The zero-order valence-corrected chi connectivity index (χ0v) is 7.78. The van der Waals surface area contributed by atoms with E-state index in [-0.39, 0.29) is 6.61 Å². The van der Waals surface area contributed by atoms with E-state index >= 15 is 0 Å². The van der Waals surface area contributed by atoms with Crippen LogP contribution in [0.3, 0.4) is 0 Å². The molecule has 0 saturated carbocycles. The summed E-state index contributed by atoms with van der Waals surface area (Å²) in [5, 5.41) is 8.83. The minimum atomic E-state index is -0.0932. The maximum Gasteiger partial charge on any atom is 0.179 e. The first kappa shape index (κ1) is 9.80. The molecule has 1 aromatic rings. The van der Waals surface area contributed by atoms with Gasteiger partial charge in [0.1, 0.15) is 0 Å². The summed E-state index contributed by atoms with van der Waals surface area (Å²) in [6.45, 7) is 2.35. The molecule has 4 nitrogen and oxygen atoms in total. The second-order valence-electron chi connectivity index (χ2n) is 2.42. The van der Waals surface area contributed by atoms with Crippen LogP contribution in [0.5, 0.6) is 11.5 Å². The van der Waals surface area contributed by atoms with Gasteiger partial charge in [0, 0.05) is 6.07 Å². The van der Waals surface area contributed by atoms with Gasteiger partial charge in [-0.1, -0.05) is 0 Å². The van der Waals surface area contributed by atoms with Crippen molar-refractivity contribution in [3.8, 4) is 11.5 Å². The fourth-order valence-corrected chi connectivity index (χ4v) is 0.973. The van der Waals surface area contributed by atoms with Crippen LogP contribution in [0.4, 0.5) is 0 Å². The van der Waals surface area contributed by atoms with Gasteiger partial charge < -0.3 is 14.6 Å². The molecule has 0 aromatic carbocycles. The molecule has 0 amide bonds. The summed E-state index contributed by atoms with van der Waals surface area (Å²) in [5.41, 5.74) is 0.573. The lowest BCUT2D eigenvalue weighted by molar-refractivity contribution is 0.272. The van der Waals surface area contributed by atoms with Crippen molar-refractivity contribution >= 4 is 0 Å². The highest BCUT2D eigenvalue weighted by Gasteiger charge is 2.05. The van der Waals surface area contributed by atoms with Gasteiger partial charge in [0.05, 0.1) is 32.2 Å². The number of hydrogen-bond acceptors (Lipinski definition) is 4. The number of nitrogens with zero attached hydrogens (tertiary/aromatic N) is 1. The normalized spacial score (nSPS) is 9.77. The predicted octanol–water partition coefficient (Wildman–Crippen LogP) is 0.981. The van der Waals surface area contributed by atoms with Gasteiger partial charge in [0.15, 0.2) is 11.5 Å². The highest BCUT2D eigenvalue weighted by atomic mass is 16.5. The Morgan fingerprint density at radius 3 is 2.77 bits per heavy atom. The zero-order valence-electron chi connectivity index (χ0n) is 7.78. The summed E-state index contributed by atoms with van der Waals surface area (Å²) in [5.74, 6) is 1.20. The van der Waals surface area contributed by atoms with Crippen LogP contribution in [-0.4, -0.2) is 23.8 Å². The average molecular weight is 183 g/mol. The van der Waals surface area contributed by atoms with E-state index in [9.17, 15) is 0 Å². The maximum atomic E-state index is 8.83. The molecule has 0 radical (unpaired) electrons. The topological polar surface area (TPSA) is 51.6 Å². The molecule has 13 heavy (non-hydrogen) atoms. The van der Waals surface area contributed by atoms with Gasteiger partial charge in [-0.3, -0.25) is 4.98 Å². The third-order valence-electron chi connectivity index (χ3n) is 1.57. The van der Waals surface area contributed by atoms with E-state index < -0.39 is 0 Å². The lowest BCUT2D eigenvalue weighted by atomic mass is 10.3. The zero-order chi connectivity index (χ0) is 9.68. The second kappa shape index (κ2) is 4.67. The standard InChI is InChI=1S/C9H13NO3/c1-3-13-8-4-7(6-11)10-5-9(8)12-2/h4-5,11H,3,6H2,1-2H3. The molecule has 1 aromatic heterocycles. The number of aliphatic hydroxyl groups is 1. The third kappa shape index (κ3) is 2.32. The van der Waals surface area contributed by atoms with E-state index in [4.69, 9.17) is 14.6 Å². The Labute approximate surface area is 77.1 Å². The minimum absolute atomic E-state index is 0.0932. The molecule has 0 unspecified atom stereocenters. The first-order valence-corrected chi connectivity index (χ1v) is 4.08. The van der Waals surface area contributed by atoms with Crippen LogP contribution in [0.1, 0.15) is 12.6 Å². The summed E-state index contributed by atoms with van der Waals surface area (Å²) in [7, 11) is 1.55. The second-order valence-corrected chi connectivity index (χ2v) is 2.42. The summed E-state index contributed by atoms with van der Waals surface area (Å²) in [6, 6.07) is 1.67. The van der Waals surface area contributed by atoms with Crippen molar-refractivity contribution in [3.05, 3.63) is 18.0 Å². The van der Waals surface area contributed by atoms with Gasteiger partial charge in [-0.25, -0.2) is 0 Å². The number of ether oxygens (including phenoxy) is 2. The van der Waals surface area contributed by atoms with Crippen LogP contribution in [-0.2, 0) is 6.61 Å². The van der Waals surface area contributed by atoms with Crippen LogP contribution in [0, 0.1) is 0 Å². The summed E-state index contributed by atoms with van der Waals surface area (Å²) < 4.78 is 10.3. The Morgan fingerprint density at radius 1 is 1.46 bits per heavy atom. The molecule has 0 bridgehead atoms. The average Bonchev–Trinajstić information content (AvgIpc) is 2.18. The van der Waals surface area contributed by atoms with Crippen molar-refractivity contribution in [1.29, 1.82) is 0 Å². The highest BCUT2D eigenvalue weighted by Crippen LogP contribution is 2.26. The Morgan fingerprint density at radius 2 is 2.23 bits per heavy atom. The van der Waals surface area contributed by atoms with Crippen molar-refractivity contribution < 1.29 is 14.6 Å². The Kier molecular flexibility index (Phi) is 3.52. The van der Waals surface area contributed by atoms with E-state index in [1.165, 1.54) is 6.20 Å². The number of methoxy groups -OCH3 is 1. The Hall–Kier alpha value is -1.29. The predicted molar refractivity (Wildman–Crippen MR) is 47.9 cm³/mol. The smallest absolute Gasteiger partial charge is 0.179 e. The van der Waals surface area contributed by atoms with Crippen molar-refractivity contribution in [2.75, 3.05) is 13.7 Å². The molecule has 4 heteroatoms. The lowest BCUT2D eigenvalue weighted by Gasteiger charge is -2.09. The van der Waals surface area contributed by atoms with Crippen molar-refractivity contribution in [3.63, 3.8) is 0 Å². The van der Waals surface area contributed by atoms with Crippen LogP contribution in [0.25, 0.3) is 0 Å². The van der Waals surface area contributed by atoms with Gasteiger partial charge in [-0.15, -0.1) is 0 Å². The lowest BCUT2D eigenvalue weighted by Crippen LogP contribution is -1.98. The molecular formula is C9H13NO3. The number of aliphatic hydroxyl groups excluding tert-OH is 1. The van der Waals surface area contributed by atoms with Crippen LogP contribution in [0.2, 0.25) is 0 Å². The van der Waals surface area contributed by atoms with E-state index in [2.05, 4.69) is 4.98 Å². The van der Waals surface area contributed by atoms with E-state index in [1.807, 2.05) is 6.92 Å². The molecule has 0 atom stereocenters. The van der Waals surface area contributed by atoms with Gasteiger partial charge >= 0.3 is 0 Å². The van der Waals surface area contributed by atoms with Crippen LogP contribution >= 0.6 is 0 Å². The molecule has 0 spiro atoms. The van der Waals surface area contributed by atoms with Crippen molar-refractivity contribution in [2.24, 2.45) is 0 Å². The Bertz CT molecular complexity index is 276. The van der Waals surface area contributed by atoms with E-state index in [1.54, 1.807) is 13.2 Å². The fourth-order valence-electron chi connectivity index (χ4n) is 0.973.